The van der Waals surface area contributed by atoms with E-state index in [1.807, 2.05) is 18.2 Å². The Morgan fingerprint density at radius 3 is 2.58 bits per heavy atom. The van der Waals surface area contributed by atoms with Gasteiger partial charge in [-0.1, -0.05) is 24.3 Å². The SMILES string of the molecule is CC(=O)N(C)CCC/C=C\c1cccc(C(=O)N=C(C)C(=O)O)c1. The summed E-state index contributed by atoms with van der Waals surface area (Å²) in [6.07, 6.45) is 5.53. The van der Waals surface area contributed by atoms with Crippen molar-refractivity contribution in [2.45, 2.75) is 26.7 Å². The normalized spacial score (nSPS) is 11.5. The van der Waals surface area contributed by atoms with Gasteiger partial charge in [0.15, 0.2) is 0 Å². The van der Waals surface area contributed by atoms with E-state index in [1.54, 1.807) is 30.1 Å². The summed E-state index contributed by atoms with van der Waals surface area (Å²) in [7, 11) is 1.76. The molecule has 0 fully saturated rings. The minimum atomic E-state index is -1.21. The molecule has 0 aliphatic rings. The lowest BCUT2D eigenvalue weighted by atomic mass is 10.1. The average Bonchev–Trinajstić information content (AvgIpc) is 2.54. The number of allylic oxidation sites excluding steroid dienone is 1. The predicted molar refractivity (Wildman–Crippen MR) is 93.1 cm³/mol. The van der Waals surface area contributed by atoms with Crippen LogP contribution in [-0.4, -0.2) is 47.1 Å². The molecule has 6 nitrogen and oxygen atoms in total. The number of carboxylic acid groups (broad SMARTS) is 1. The van der Waals surface area contributed by atoms with E-state index in [2.05, 4.69) is 4.99 Å². The van der Waals surface area contributed by atoms with Crippen molar-refractivity contribution < 1.29 is 19.5 Å². The van der Waals surface area contributed by atoms with Crippen LogP contribution in [0.15, 0.2) is 35.3 Å². The zero-order valence-electron chi connectivity index (χ0n) is 14.2. The quantitative estimate of drug-likeness (QED) is 0.615. The molecule has 0 bridgehead atoms. The van der Waals surface area contributed by atoms with E-state index in [-0.39, 0.29) is 11.6 Å². The van der Waals surface area contributed by atoms with Gasteiger partial charge in [-0.25, -0.2) is 9.79 Å². The van der Waals surface area contributed by atoms with Gasteiger partial charge in [-0.05, 0) is 37.5 Å². The van der Waals surface area contributed by atoms with Gasteiger partial charge in [0.1, 0.15) is 5.71 Å². The van der Waals surface area contributed by atoms with Crippen LogP contribution in [0, 0.1) is 0 Å². The number of carboxylic acids is 1. The third kappa shape index (κ3) is 6.56. The largest absolute Gasteiger partial charge is 0.477 e. The maximum atomic E-state index is 11.9. The van der Waals surface area contributed by atoms with Gasteiger partial charge in [0.05, 0.1) is 0 Å². The number of hydrogen-bond acceptors (Lipinski definition) is 3. The molecule has 1 aromatic carbocycles. The molecular weight excluding hydrogens is 308 g/mol. The maximum Gasteiger partial charge on any atom is 0.350 e. The molecule has 0 radical (unpaired) electrons. The molecule has 1 N–H and O–H groups in total. The van der Waals surface area contributed by atoms with Gasteiger partial charge in [0, 0.05) is 26.1 Å². The van der Waals surface area contributed by atoms with Crippen LogP contribution in [0.25, 0.3) is 6.08 Å². The molecule has 0 atom stereocenters. The molecule has 1 aromatic rings. The smallest absolute Gasteiger partial charge is 0.350 e. The summed E-state index contributed by atoms with van der Waals surface area (Å²) in [6, 6.07) is 6.84. The molecule has 0 aromatic heterocycles. The summed E-state index contributed by atoms with van der Waals surface area (Å²) in [6.45, 7) is 3.51. The van der Waals surface area contributed by atoms with Crippen LogP contribution in [-0.2, 0) is 9.59 Å². The Hall–Kier alpha value is -2.76. The van der Waals surface area contributed by atoms with E-state index < -0.39 is 11.9 Å². The molecule has 1 rings (SSSR count). The minimum absolute atomic E-state index is 0.0439. The summed E-state index contributed by atoms with van der Waals surface area (Å²) >= 11 is 0. The first-order chi connectivity index (χ1) is 11.3. The Kier molecular flexibility index (Phi) is 7.55. The van der Waals surface area contributed by atoms with Gasteiger partial charge in [0.2, 0.25) is 5.91 Å². The molecule has 0 spiro atoms. The zero-order chi connectivity index (χ0) is 18.1. The predicted octanol–water partition coefficient (Wildman–Crippen LogP) is 2.64. The second kappa shape index (κ2) is 9.39. The fourth-order valence-corrected chi connectivity index (χ4v) is 1.86. The van der Waals surface area contributed by atoms with Gasteiger partial charge < -0.3 is 10.0 Å². The topological polar surface area (TPSA) is 87.0 Å². The molecule has 0 saturated heterocycles. The number of hydrogen-bond donors (Lipinski definition) is 1. The van der Waals surface area contributed by atoms with Crippen LogP contribution in [0.5, 0.6) is 0 Å². The fraction of sp³-hybridized carbons (Fsp3) is 0.333. The van der Waals surface area contributed by atoms with E-state index in [1.165, 1.54) is 13.8 Å². The number of nitrogens with zero attached hydrogens (tertiary/aromatic N) is 2. The van der Waals surface area contributed by atoms with E-state index in [0.717, 1.165) is 18.4 Å². The minimum Gasteiger partial charge on any atom is -0.477 e. The lowest BCUT2D eigenvalue weighted by Crippen LogP contribution is -2.24. The molecule has 128 valence electrons. The first-order valence-electron chi connectivity index (χ1n) is 7.62. The lowest BCUT2D eigenvalue weighted by molar-refractivity contribution is -0.129. The monoisotopic (exact) mass is 330 g/mol. The van der Waals surface area contributed by atoms with Crippen molar-refractivity contribution in [1.29, 1.82) is 0 Å². The number of carbonyl (C=O) groups is 3. The maximum absolute atomic E-state index is 11.9. The third-order valence-corrected chi connectivity index (χ3v) is 3.42. The number of benzene rings is 1. The van der Waals surface area contributed by atoms with Crippen molar-refractivity contribution in [1.82, 2.24) is 4.90 Å². The van der Waals surface area contributed by atoms with Crippen LogP contribution >= 0.6 is 0 Å². The molecular formula is C18H22N2O4. The molecule has 24 heavy (non-hydrogen) atoms. The van der Waals surface area contributed by atoms with Gasteiger partial charge in [-0.3, -0.25) is 9.59 Å². The lowest BCUT2D eigenvalue weighted by Gasteiger charge is -2.13. The standard InChI is InChI=1S/C18H22N2O4/c1-13(18(23)24)19-17(22)16-10-7-9-15(12-16)8-5-4-6-11-20(3)14(2)21/h5,7-10,12H,4,6,11H2,1-3H3,(H,23,24)/b8-5-,19-13?. The highest BCUT2D eigenvalue weighted by atomic mass is 16.4. The first kappa shape index (κ1) is 19.3. The van der Waals surface area contributed by atoms with Crippen molar-refractivity contribution in [2.24, 2.45) is 4.99 Å². The fourth-order valence-electron chi connectivity index (χ4n) is 1.86. The molecule has 0 aliphatic heterocycles. The highest BCUT2D eigenvalue weighted by Gasteiger charge is 2.08. The van der Waals surface area contributed by atoms with Crippen LogP contribution in [0.1, 0.15) is 42.6 Å². The number of rotatable bonds is 7. The second-order valence-electron chi connectivity index (χ2n) is 5.42. The van der Waals surface area contributed by atoms with Gasteiger partial charge in [0.25, 0.3) is 5.91 Å². The third-order valence-electron chi connectivity index (χ3n) is 3.42. The molecule has 0 aliphatic carbocycles. The van der Waals surface area contributed by atoms with Crippen LogP contribution in [0.4, 0.5) is 0 Å². The number of unbranched alkanes of at least 4 members (excludes halogenated alkanes) is 1. The second-order valence-corrected chi connectivity index (χ2v) is 5.42. The Morgan fingerprint density at radius 2 is 1.96 bits per heavy atom. The average molecular weight is 330 g/mol. The van der Waals surface area contributed by atoms with Crippen LogP contribution < -0.4 is 0 Å². The summed E-state index contributed by atoms with van der Waals surface area (Å²) in [5.74, 6) is -1.74. The summed E-state index contributed by atoms with van der Waals surface area (Å²) in [4.78, 5) is 38.9. The summed E-state index contributed by atoms with van der Waals surface area (Å²) < 4.78 is 0. The highest BCUT2D eigenvalue weighted by Crippen LogP contribution is 2.10. The van der Waals surface area contributed by atoms with Gasteiger partial charge in [-0.2, -0.15) is 0 Å². The van der Waals surface area contributed by atoms with Crippen molar-refractivity contribution >= 4 is 29.6 Å². The first-order valence-corrected chi connectivity index (χ1v) is 7.62. The van der Waals surface area contributed by atoms with E-state index in [9.17, 15) is 14.4 Å². The van der Waals surface area contributed by atoms with Gasteiger partial charge >= 0.3 is 5.97 Å². The Morgan fingerprint density at radius 1 is 1.25 bits per heavy atom. The number of amides is 2. The van der Waals surface area contributed by atoms with Crippen molar-refractivity contribution in [3.63, 3.8) is 0 Å². The number of carbonyl (C=O) groups excluding carboxylic acids is 2. The van der Waals surface area contributed by atoms with E-state index in [0.29, 0.717) is 12.1 Å². The summed E-state index contributed by atoms with van der Waals surface area (Å²) in [5.41, 5.74) is 0.938. The van der Waals surface area contributed by atoms with E-state index >= 15 is 0 Å². The van der Waals surface area contributed by atoms with Crippen molar-refractivity contribution in [2.75, 3.05) is 13.6 Å². The zero-order valence-corrected chi connectivity index (χ0v) is 14.2. The Bertz CT molecular complexity index is 677. The Labute approximate surface area is 141 Å². The molecule has 6 heteroatoms. The van der Waals surface area contributed by atoms with Gasteiger partial charge in [-0.15, -0.1) is 0 Å². The number of aliphatic imine (C=N–C) groups is 1. The highest BCUT2D eigenvalue weighted by molar-refractivity contribution is 6.36. The number of aliphatic carboxylic acids is 1. The van der Waals surface area contributed by atoms with Crippen LogP contribution in [0.2, 0.25) is 0 Å². The summed E-state index contributed by atoms with van der Waals surface area (Å²) in [5, 5.41) is 8.75. The van der Waals surface area contributed by atoms with Crippen molar-refractivity contribution in [3.8, 4) is 0 Å². The molecule has 0 unspecified atom stereocenters. The van der Waals surface area contributed by atoms with E-state index in [4.69, 9.17) is 5.11 Å². The van der Waals surface area contributed by atoms with Crippen LogP contribution in [0.3, 0.4) is 0 Å². The Balaban J connectivity index is 2.64. The molecule has 2 amide bonds. The molecule has 0 heterocycles. The molecule has 0 saturated carbocycles. The van der Waals surface area contributed by atoms with Crippen molar-refractivity contribution in [3.05, 3.63) is 41.5 Å².